The fourth-order valence-electron chi connectivity index (χ4n) is 2.70. The van der Waals surface area contributed by atoms with Crippen LogP contribution in [0.3, 0.4) is 0 Å². The molecule has 3 heterocycles. The Morgan fingerprint density at radius 1 is 1.17 bits per heavy atom. The van der Waals surface area contributed by atoms with Crippen LogP contribution in [0, 0.1) is 5.92 Å². The van der Waals surface area contributed by atoms with E-state index in [1.54, 1.807) is 16.9 Å². The van der Waals surface area contributed by atoms with Gasteiger partial charge in [-0.3, -0.25) is 0 Å². The van der Waals surface area contributed by atoms with Crippen molar-refractivity contribution < 1.29 is 5.11 Å². The summed E-state index contributed by atoms with van der Waals surface area (Å²) in [6.07, 6.45) is 4.48. The molecule has 4 rings (SSSR count). The van der Waals surface area contributed by atoms with Gasteiger partial charge in [0.2, 0.25) is 0 Å². The molecule has 2 N–H and O–H groups in total. The van der Waals surface area contributed by atoms with Crippen molar-refractivity contribution in [3.05, 3.63) is 54.5 Å². The second-order valence-electron chi connectivity index (χ2n) is 5.79. The second-order valence-corrected chi connectivity index (χ2v) is 5.79. The molecule has 0 aliphatic carbocycles. The topological polar surface area (TPSA) is 75.9 Å². The predicted octanol–water partition coefficient (Wildman–Crippen LogP) is 1.80. The molecule has 116 valence electrons. The van der Waals surface area contributed by atoms with Crippen molar-refractivity contribution in [1.82, 2.24) is 25.3 Å². The molecule has 23 heavy (non-hydrogen) atoms. The van der Waals surface area contributed by atoms with Crippen LogP contribution in [0.1, 0.15) is 5.69 Å². The summed E-state index contributed by atoms with van der Waals surface area (Å²) in [5, 5.41) is 26.2. The van der Waals surface area contributed by atoms with Crippen molar-refractivity contribution in [1.29, 1.82) is 0 Å². The lowest BCUT2D eigenvalue weighted by molar-refractivity contribution is 0.343. The van der Waals surface area contributed by atoms with Gasteiger partial charge in [0.25, 0.3) is 0 Å². The van der Waals surface area contributed by atoms with E-state index in [0.29, 0.717) is 17.2 Å². The fraction of sp³-hybridized carbons (Fsp3) is 0.235. The summed E-state index contributed by atoms with van der Waals surface area (Å²) < 4.78 is 1.70. The van der Waals surface area contributed by atoms with Gasteiger partial charge in [-0.05, 0) is 55.8 Å². The summed E-state index contributed by atoms with van der Waals surface area (Å²) in [6, 6.07) is 11.2. The monoisotopic (exact) mass is 307 g/mol. The van der Waals surface area contributed by atoms with Gasteiger partial charge in [-0.2, -0.15) is 15.3 Å². The van der Waals surface area contributed by atoms with Gasteiger partial charge in [0.05, 0.1) is 17.1 Å². The van der Waals surface area contributed by atoms with Crippen molar-refractivity contribution in [3.8, 4) is 22.7 Å². The molecule has 1 fully saturated rings. The van der Waals surface area contributed by atoms with Crippen LogP contribution in [0.25, 0.3) is 16.9 Å². The number of hydrogen-bond donors (Lipinski definition) is 2. The molecule has 6 heteroatoms. The third-order valence-corrected chi connectivity index (χ3v) is 4.11. The second kappa shape index (κ2) is 5.81. The van der Waals surface area contributed by atoms with Crippen LogP contribution < -0.4 is 5.32 Å². The van der Waals surface area contributed by atoms with Gasteiger partial charge < -0.3 is 10.4 Å². The zero-order valence-corrected chi connectivity index (χ0v) is 12.6. The van der Waals surface area contributed by atoms with Crippen molar-refractivity contribution in [2.24, 2.45) is 5.92 Å². The minimum Gasteiger partial charge on any atom is -0.507 e. The van der Waals surface area contributed by atoms with Crippen LogP contribution in [0.2, 0.25) is 0 Å². The van der Waals surface area contributed by atoms with Gasteiger partial charge in [-0.25, -0.2) is 4.68 Å². The van der Waals surface area contributed by atoms with Crippen LogP contribution in [0.15, 0.2) is 48.8 Å². The number of aromatic nitrogens is 4. The van der Waals surface area contributed by atoms with Crippen LogP contribution in [-0.4, -0.2) is 38.2 Å². The van der Waals surface area contributed by atoms with Crippen molar-refractivity contribution in [2.45, 2.75) is 6.42 Å². The minimum absolute atomic E-state index is 0.170. The normalized spacial score (nSPS) is 14.6. The SMILES string of the molecule is Oc1cc(-n2cccn2)ccc1-c1ccc(CC2CNC2)nn1. The number of benzene rings is 1. The smallest absolute Gasteiger partial charge is 0.127 e. The van der Waals surface area contributed by atoms with Crippen molar-refractivity contribution >= 4 is 0 Å². The van der Waals surface area contributed by atoms with E-state index in [2.05, 4.69) is 20.6 Å². The summed E-state index contributed by atoms with van der Waals surface area (Å²) in [6.45, 7) is 2.11. The Morgan fingerprint density at radius 2 is 2.09 bits per heavy atom. The molecule has 0 unspecified atom stereocenters. The van der Waals surface area contributed by atoms with Gasteiger partial charge in [0.15, 0.2) is 0 Å². The third kappa shape index (κ3) is 2.80. The van der Waals surface area contributed by atoms with Crippen LogP contribution in [-0.2, 0) is 6.42 Å². The van der Waals surface area contributed by atoms with E-state index in [-0.39, 0.29) is 5.75 Å². The zero-order chi connectivity index (χ0) is 15.6. The molecule has 1 aromatic carbocycles. The molecule has 0 spiro atoms. The number of nitrogens with zero attached hydrogens (tertiary/aromatic N) is 4. The first-order valence-corrected chi connectivity index (χ1v) is 7.66. The highest BCUT2D eigenvalue weighted by Crippen LogP contribution is 2.29. The number of rotatable bonds is 4. The Labute approximate surface area is 133 Å². The van der Waals surface area contributed by atoms with Crippen molar-refractivity contribution in [3.63, 3.8) is 0 Å². The number of phenolic OH excluding ortho intramolecular Hbond substituents is 1. The lowest BCUT2D eigenvalue weighted by Crippen LogP contribution is -2.43. The van der Waals surface area contributed by atoms with E-state index < -0.39 is 0 Å². The highest BCUT2D eigenvalue weighted by Gasteiger charge is 2.18. The lowest BCUT2D eigenvalue weighted by Gasteiger charge is -2.26. The summed E-state index contributed by atoms with van der Waals surface area (Å²) in [7, 11) is 0. The molecule has 0 amide bonds. The standard InChI is InChI=1S/C17H17N5O/c23-17-9-14(22-7-1-6-19-22)3-4-15(17)16-5-2-13(20-21-16)8-12-10-18-11-12/h1-7,9,12,18,23H,8,10-11H2. The van der Waals surface area contributed by atoms with Crippen LogP contribution >= 0.6 is 0 Å². The van der Waals surface area contributed by atoms with Gasteiger partial charge in [-0.1, -0.05) is 0 Å². The highest BCUT2D eigenvalue weighted by atomic mass is 16.3. The first-order chi connectivity index (χ1) is 11.3. The van der Waals surface area contributed by atoms with E-state index in [4.69, 9.17) is 0 Å². The zero-order valence-electron chi connectivity index (χ0n) is 12.6. The van der Waals surface area contributed by atoms with Gasteiger partial charge in [-0.15, -0.1) is 0 Å². The highest BCUT2D eigenvalue weighted by molar-refractivity contribution is 5.68. The maximum atomic E-state index is 10.3. The molecular formula is C17H17N5O. The number of nitrogens with one attached hydrogen (secondary N) is 1. The summed E-state index contributed by atoms with van der Waals surface area (Å²) in [5.74, 6) is 0.833. The average Bonchev–Trinajstić information content (AvgIpc) is 3.06. The van der Waals surface area contributed by atoms with Crippen LogP contribution in [0.4, 0.5) is 0 Å². The van der Waals surface area contributed by atoms with Gasteiger partial charge in [0, 0.05) is 24.0 Å². The molecule has 1 aliphatic heterocycles. The Morgan fingerprint density at radius 3 is 2.70 bits per heavy atom. The summed E-state index contributed by atoms with van der Waals surface area (Å²) >= 11 is 0. The Balaban J connectivity index is 1.57. The first kappa shape index (κ1) is 13.9. The molecule has 0 atom stereocenters. The molecule has 3 aromatic rings. The summed E-state index contributed by atoms with van der Waals surface area (Å²) in [4.78, 5) is 0. The van der Waals surface area contributed by atoms with E-state index in [0.717, 1.165) is 30.9 Å². The molecule has 1 saturated heterocycles. The Kier molecular flexibility index (Phi) is 3.51. The quantitative estimate of drug-likeness (QED) is 0.768. The Hall–Kier alpha value is -2.73. The predicted molar refractivity (Wildman–Crippen MR) is 86.3 cm³/mol. The fourth-order valence-corrected chi connectivity index (χ4v) is 2.70. The molecule has 6 nitrogen and oxygen atoms in total. The van der Waals surface area contributed by atoms with E-state index >= 15 is 0 Å². The minimum atomic E-state index is 0.170. The first-order valence-electron chi connectivity index (χ1n) is 7.66. The van der Waals surface area contributed by atoms with Gasteiger partial charge in [0.1, 0.15) is 5.75 Å². The number of aromatic hydroxyl groups is 1. The molecular weight excluding hydrogens is 290 g/mol. The number of hydrogen-bond acceptors (Lipinski definition) is 5. The Bertz CT molecular complexity index is 794. The third-order valence-electron chi connectivity index (χ3n) is 4.11. The lowest BCUT2D eigenvalue weighted by atomic mass is 9.97. The number of phenols is 1. The molecule has 2 aromatic heterocycles. The molecule has 1 aliphatic rings. The maximum Gasteiger partial charge on any atom is 0.127 e. The molecule has 0 radical (unpaired) electrons. The molecule has 0 bridgehead atoms. The van der Waals surface area contributed by atoms with Gasteiger partial charge >= 0.3 is 0 Å². The van der Waals surface area contributed by atoms with Crippen LogP contribution in [0.5, 0.6) is 5.75 Å². The summed E-state index contributed by atoms with van der Waals surface area (Å²) in [5.41, 5.74) is 3.14. The maximum absolute atomic E-state index is 10.3. The van der Waals surface area contributed by atoms with E-state index in [1.807, 2.05) is 36.5 Å². The van der Waals surface area contributed by atoms with E-state index in [9.17, 15) is 5.11 Å². The van der Waals surface area contributed by atoms with E-state index in [1.165, 1.54) is 0 Å². The largest absolute Gasteiger partial charge is 0.507 e. The molecule has 0 saturated carbocycles. The van der Waals surface area contributed by atoms with Crippen molar-refractivity contribution in [2.75, 3.05) is 13.1 Å². The average molecular weight is 307 g/mol.